The van der Waals surface area contributed by atoms with E-state index in [0.717, 1.165) is 0 Å². The van der Waals surface area contributed by atoms with Crippen molar-refractivity contribution in [2.24, 2.45) is 0 Å². The number of nitrogens with zero attached hydrogens (tertiary/aromatic N) is 2. The van der Waals surface area contributed by atoms with E-state index in [1.54, 1.807) is 0 Å². The number of methoxy groups -OCH3 is 1. The standard InChI is InChI=1S/C12H9ClF3N3O2/c1-20-9-10(13)17-6-18-11(9)19-7-2-4-8(5-3-7)21-12(14,15)16/h2-6H,1H3,(H,17,18,19). The maximum atomic E-state index is 12.0. The van der Waals surface area contributed by atoms with Crippen molar-refractivity contribution in [2.75, 3.05) is 12.4 Å². The van der Waals surface area contributed by atoms with Gasteiger partial charge in [-0.1, -0.05) is 11.6 Å². The van der Waals surface area contributed by atoms with Crippen LogP contribution < -0.4 is 14.8 Å². The number of anilines is 2. The minimum atomic E-state index is -4.72. The van der Waals surface area contributed by atoms with Crippen molar-refractivity contribution >= 4 is 23.1 Å². The summed E-state index contributed by atoms with van der Waals surface area (Å²) in [7, 11) is 1.40. The van der Waals surface area contributed by atoms with Crippen molar-refractivity contribution in [3.8, 4) is 11.5 Å². The molecule has 1 N–H and O–H groups in total. The molecule has 0 atom stereocenters. The van der Waals surface area contributed by atoms with Gasteiger partial charge in [0.05, 0.1) is 7.11 Å². The number of halogens is 4. The summed E-state index contributed by atoms with van der Waals surface area (Å²) in [6, 6.07) is 5.14. The molecule has 5 nitrogen and oxygen atoms in total. The predicted molar refractivity (Wildman–Crippen MR) is 70.0 cm³/mol. The van der Waals surface area contributed by atoms with Crippen LogP contribution in [0.2, 0.25) is 5.15 Å². The van der Waals surface area contributed by atoms with Crippen molar-refractivity contribution in [2.45, 2.75) is 6.36 Å². The minimum absolute atomic E-state index is 0.118. The number of aromatic nitrogens is 2. The number of rotatable bonds is 4. The van der Waals surface area contributed by atoms with Crippen LogP contribution in [0.3, 0.4) is 0 Å². The average molecular weight is 320 g/mol. The molecule has 1 aromatic carbocycles. The summed E-state index contributed by atoms with van der Waals surface area (Å²) in [5, 5.41) is 2.97. The van der Waals surface area contributed by atoms with Gasteiger partial charge >= 0.3 is 6.36 Å². The summed E-state index contributed by atoms with van der Waals surface area (Å²) in [5.74, 6) is 0.206. The van der Waals surface area contributed by atoms with Gasteiger partial charge in [-0.3, -0.25) is 0 Å². The average Bonchev–Trinajstić information content (AvgIpc) is 2.40. The highest BCUT2D eigenvalue weighted by atomic mass is 35.5. The molecule has 9 heteroatoms. The van der Waals surface area contributed by atoms with Gasteiger partial charge in [0.1, 0.15) is 12.1 Å². The molecular formula is C12H9ClF3N3O2. The molecule has 2 rings (SSSR count). The molecule has 0 aliphatic heterocycles. The normalized spacial score (nSPS) is 11.1. The third kappa shape index (κ3) is 4.12. The monoisotopic (exact) mass is 319 g/mol. The van der Waals surface area contributed by atoms with E-state index in [1.807, 2.05) is 0 Å². The molecule has 1 heterocycles. The van der Waals surface area contributed by atoms with Crippen LogP contribution in [0.15, 0.2) is 30.6 Å². The first-order chi connectivity index (χ1) is 9.89. The quantitative estimate of drug-likeness (QED) is 0.869. The first-order valence-electron chi connectivity index (χ1n) is 5.56. The highest BCUT2D eigenvalue weighted by molar-refractivity contribution is 6.31. The highest BCUT2D eigenvalue weighted by Gasteiger charge is 2.30. The van der Waals surface area contributed by atoms with Gasteiger partial charge in [0.2, 0.25) is 0 Å². The molecule has 0 unspecified atom stereocenters. The lowest BCUT2D eigenvalue weighted by atomic mass is 10.3. The number of nitrogens with one attached hydrogen (secondary N) is 1. The van der Waals surface area contributed by atoms with Crippen molar-refractivity contribution < 1.29 is 22.6 Å². The lowest BCUT2D eigenvalue weighted by Gasteiger charge is -2.12. The first kappa shape index (κ1) is 15.2. The van der Waals surface area contributed by atoms with Gasteiger partial charge < -0.3 is 14.8 Å². The third-order valence-electron chi connectivity index (χ3n) is 2.32. The van der Waals surface area contributed by atoms with E-state index in [1.165, 1.54) is 37.7 Å². The Kier molecular flexibility index (Phi) is 4.37. The summed E-state index contributed by atoms with van der Waals surface area (Å²) >= 11 is 5.83. The Balaban J connectivity index is 2.16. The van der Waals surface area contributed by atoms with E-state index in [-0.39, 0.29) is 16.7 Å². The largest absolute Gasteiger partial charge is 0.573 e. The van der Waals surface area contributed by atoms with E-state index in [0.29, 0.717) is 11.5 Å². The highest BCUT2D eigenvalue weighted by Crippen LogP contribution is 2.31. The lowest BCUT2D eigenvalue weighted by Crippen LogP contribution is -2.16. The number of benzene rings is 1. The fourth-order valence-corrected chi connectivity index (χ4v) is 1.71. The molecule has 2 aromatic rings. The second-order valence-electron chi connectivity index (χ2n) is 3.74. The molecule has 0 saturated heterocycles. The van der Waals surface area contributed by atoms with Gasteiger partial charge in [0.25, 0.3) is 0 Å². The Bertz CT molecular complexity index is 620. The predicted octanol–water partition coefficient (Wildman–Crippen LogP) is 3.78. The topological polar surface area (TPSA) is 56.3 Å². The molecule has 0 spiro atoms. The van der Waals surface area contributed by atoms with Crippen LogP contribution in [0.25, 0.3) is 0 Å². The van der Waals surface area contributed by atoms with E-state index >= 15 is 0 Å². The fraction of sp³-hybridized carbons (Fsp3) is 0.167. The smallest absolute Gasteiger partial charge is 0.490 e. The van der Waals surface area contributed by atoms with Crippen LogP contribution in [0.5, 0.6) is 11.5 Å². The zero-order chi connectivity index (χ0) is 15.5. The van der Waals surface area contributed by atoms with Crippen LogP contribution in [0, 0.1) is 0 Å². The van der Waals surface area contributed by atoms with Gasteiger partial charge in [0.15, 0.2) is 16.7 Å². The maximum Gasteiger partial charge on any atom is 0.573 e. The number of hydrogen-bond donors (Lipinski definition) is 1. The Morgan fingerprint density at radius 3 is 2.38 bits per heavy atom. The molecule has 112 valence electrons. The number of hydrogen-bond acceptors (Lipinski definition) is 5. The fourth-order valence-electron chi connectivity index (χ4n) is 1.50. The summed E-state index contributed by atoms with van der Waals surface area (Å²) in [6.45, 7) is 0. The number of alkyl halides is 3. The van der Waals surface area contributed by atoms with Gasteiger partial charge in [0, 0.05) is 5.69 Å². The van der Waals surface area contributed by atoms with E-state index in [4.69, 9.17) is 16.3 Å². The molecule has 21 heavy (non-hydrogen) atoms. The minimum Gasteiger partial charge on any atom is -0.490 e. The Labute approximate surface area is 122 Å². The molecule has 0 amide bonds. The second-order valence-corrected chi connectivity index (χ2v) is 4.10. The Morgan fingerprint density at radius 2 is 1.81 bits per heavy atom. The second kappa shape index (κ2) is 6.04. The van der Waals surface area contributed by atoms with Crippen LogP contribution in [0.4, 0.5) is 24.7 Å². The van der Waals surface area contributed by atoms with Crippen molar-refractivity contribution in [3.63, 3.8) is 0 Å². The SMILES string of the molecule is COc1c(Cl)ncnc1Nc1ccc(OC(F)(F)F)cc1. The van der Waals surface area contributed by atoms with Gasteiger partial charge in [-0.25, -0.2) is 9.97 Å². The van der Waals surface area contributed by atoms with Gasteiger partial charge in [-0.15, -0.1) is 13.2 Å². The molecule has 0 fully saturated rings. The Hall–Kier alpha value is -2.22. The van der Waals surface area contributed by atoms with Crippen LogP contribution >= 0.6 is 11.6 Å². The molecule has 0 saturated carbocycles. The number of ether oxygens (including phenoxy) is 2. The third-order valence-corrected chi connectivity index (χ3v) is 2.58. The van der Waals surface area contributed by atoms with Gasteiger partial charge in [-0.2, -0.15) is 0 Å². The van der Waals surface area contributed by atoms with Crippen LogP contribution in [-0.4, -0.2) is 23.4 Å². The molecule has 0 aliphatic carbocycles. The molecular weight excluding hydrogens is 311 g/mol. The molecule has 0 radical (unpaired) electrons. The van der Waals surface area contributed by atoms with E-state index in [9.17, 15) is 13.2 Å². The summed E-state index contributed by atoms with van der Waals surface area (Å²) in [4.78, 5) is 7.70. The van der Waals surface area contributed by atoms with Crippen LogP contribution in [-0.2, 0) is 0 Å². The molecule has 0 bridgehead atoms. The zero-order valence-electron chi connectivity index (χ0n) is 10.6. The van der Waals surface area contributed by atoms with Crippen molar-refractivity contribution in [3.05, 3.63) is 35.7 Å². The molecule has 1 aromatic heterocycles. The van der Waals surface area contributed by atoms with E-state index < -0.39 is 6.36 Å². The summed E-state index contributed by atoms with van der Waals surface area (Å²) in [5.41, 5.74) is 0.484. The molecule has 0 aliphatic rings. The summed E-state index contributed by atoms with van der Waals surface area (Å²) < 4.78 is 45.0. The van der Waals surface area contributed by atoms with E-state index in [2.05, 4.69) is 20.0 Å². The summed E-state index contributed by atoms with van der Waals surface area (Å²) in [6.07, 6.45) is -3.49. The van der Waals surface area contributed by atoms with Gasteiger partial charge in [-0.05, 0) is 24.3 Å². The van der Waals surface area contributed by atoms with Crippen LogP contribution in [0.1, 0.15) is 0 Å². The lowest BCUT2D eigenvalue weighted by molar-refractivity contribution is -0.274. The maximum absolute atomic E-state index is 12.0. The Morgan fingerprint density at radius 1 is 1.14 bits per heavy atom. The zero-order valence-corrected chi connectivity index (χ0v) is 11.4. The van der Waals surface area contributed by atoms with Crippen molar-refractivity contribution in [1.82, 2.24) is 9.97 Å². The van der Waals surface area contributed by atoms with Crippen molar-refractivity contribution in [1.29, 1.82) is 0 Å². The first-order valence-corrected chi connectivity index (χ1v) is 5.94.